The van der Waals surface area contributed by atoms with Crippen LogP contribution in [0.4, 0.5) is 5.69 Å². The third kappa shape index (κ3) is 7.90. The number of allylic oxidation sites excluding steroid dienone is 2. The zero-order chi connectivity index (χ0) is 25.9. The van der Waals surface area contributed by atoms with E-state index in [0.29, 0.717) is 11.3 Å². The van der Waals surface area contributed by atoms with Crippen molar-refractivity contribution in [2.75, 3.05) is 58.4 Å². The molecule has 0 spiro atoms. The second kappa shape index (κ2) is 14.5. The van der Waals surface area contributed by atoms with Gasteiger partial charge in [-0.1, -0.05) is 18.2 Å². The molecule has 10 heteroatoms. The molecule has 3 unspecified atom stereocenters. The maximum Gasteiger partial charge on any atom is 0.171 e. The van der Waals surface area contributed by atoms with Gasteiger partial charge in [0.2, 0.25) is 0 Å². The van der Waals surface area contributed by atoms with Gasteiger partial charge in [0.15, 0.2) is 6.29 Å². The highest BCUT2D eigenvalue weighted by molar-refractivity contribution is 8.01. The van der Waals surface area contributed by atoms with Crippen molar-refractivity contribution in [3.05, 3.63) is 46.9 Å². The number of aliphatic hydroxyl groups is 3. The number of nitriles is 1. The molecule has 5 N–H and O–H groups in total. The molecule has 2 aliphatic heterocycles. The highest BCUT2D eigenvalue weighted by Crippen LogP contribution is 2.29. The Balaban J connectivity index is 0.00000176. The summed E-state index contributed by atoms with van der Waals surface area (Å²) in [4.78, 5) is 2.91. The van der Waals surface area contributed by atoms with Crippen LogP contribution < -0.4 is 10.0 Å². The van der Waals surface area contributed by atoms with Gasteiger partial charge in [-0.05, 0) is 65.4 Å². The van der Waals surface area contributed by atoms with E-state index in [-0.39, 0.29) is 6.61 Å². The van der Waals surface area contributed by atoms with Crippen LogP contribution >= 0.6 is 11.9 Å². The minimum atomic E-state index is -1.01. The summed E-state index contributed by atoms with van der Waals surface area (Å²) in [7, 11) is 1.00. The van der Waals surface area contributed by atoms with Gasteiger partial charge in [-0.25, -0.2) is 0 Å². The molecule has 4 rings (SSSR count). The van der Waals surface area contributed by atoms with E-state index in [1.807, 2.05) is 13.0 Å². The number of rotatable bonds is 8. The van der Waals surface area contributed by atoms with Crippen LogP contribution in [0.2, 0.25) is 0 Å². The summed E-state index contributed by atoms with van der Waals surface area (Å²) >= 11 is 1.16. The first kappa shape index (κ1) is 28.4. The first-order chi connectivity index (χ1) is 17.5. The lowest BCUT2D eigenvalue weighted by Crippen LogP contribution is -2.46. The number of aliphatic hydroxyl groups excluding tert-OH is 3. The van der Waals surface area contributed by atoms with Crippen LogP contribution in [0.25, 0.3) is 16.3 Å². The van der Waals surface area contributed by atoms with Crippen LogP contribution in [0.1, 0.15) is 18.9 Å². The molecule has 2 aromatic carbocycles. The molecule has 3 atom stereocenters. The van der Waals surface area contributed by atoms with Gasteiger partial charge in [-0.15, -0.1) is 0 Å². The van der Waals surface area contributed by atoms with E-state index in [1.165, 1.54) is 0 Å². The third-order valence-corrected chi connectivity index (χ3v) is 7.24. The largest absolute Gasteiger partial charge is 0.400 e. The molecule has 0 saturated carbocycles. The summed E-state index contributed by atoms with van der Waals surface area (Å²) < 4.78 is 13.6. The van der Waals surface area contributed by atoms with E-state index in [4.69, 9.17) is 14.6 Å². The van der Waals surface area contributed by atoms with Crippen LogP contribution in [0.15, 0.2) is 41.3 Å². The molecule has 0 aliphatic carbocycles. The first-order valence-corrected chi connectivity index (χ1v) is 12.9. The molecule has 9 nitrogen and oxygen atoms in total. The standard InChI is InChI=1S/C25H32N4O4S.CH4O/c1-17(24(15-26)34-28-23-14-22(30)16-33-25(23)31)18-2-3-20-13-21(5-4-19(20)12-18)27-6-7-29-8-10-32-11-9-29;1-2/h2-5,12-13,22-23,25,27-28,30-31H,6-11,14,16H2,1H3;2H,1H3/b24-17+;. The van der Waals surface area contributed by atoms with Crippen molar-refractivity contribution in [1.29, 1.82) is 5.26 Å². The normalized spacial score (nSPS) is 23.3. The maximum absolute atomic E-state index is 9.97. The SMILES string of the molecule is C/C(=C(/C#N)SNC1CC(O)COC1O)c1ccc2cc(NCCN3CCOCC3)ccc2c1.CO. The Morgan fingerprint density at radius 3 is 2.61 bits per heavy atom. The summed E-state index contributed by atoms with van der Waals surface area (Å²) in [5.41, 5.74) is 2.90. The molecular weight excluding hydrogens is 480 g/mol. The van der Waals surface area contributed by atoms with Crippen molar-refractivity contribution in [2.24, 2.45) is 0 Å². The Kier molecular flexibility index (Phi) is 11.4. The van der Waals surface area contributed by atoms with E-state index in [2.05, 4.69) is 51.3 Å². The van der Waals surface area contributed by atoms with Crippen molar-refractivity contribution in [3.63, 3.8) is 0 Å². The zero-order valence-electron chi connectivity index (χ0n) is 20.8. The second-order valence-electron chi connectivity index (χ2n) is 8.66. The number of hydrogen-bond acceptors (Lipinski definition) is 10. The predicted octanol–water partition coefficient (Wildman–Crippen LogP) is 2.15. The number of nitrogens with one attached hydrogen (secondary N) is 2. The second-order valence-corrected chi connectivity index (χ2v) is 9.51. The molecule has 2 saturated heterocycles. The highest BCUT2D eigenvalue weighted by atomic mass is 32.2. The van der Waals surface area contributed by atoms with E-state index in [1.54, 1.807) is 0 Å². The Bertz CT molecular complexity index is 1050. The molecule has 2 heterocycles. The van der Waals surface area contributed by atoms with Crippen LogP contribution in [-0.4, -0.2) is 91.8 Å². The maximum atomic E-state index is 9.97. The zero-order valence-corrected chi connectivity index (χ0v) is 21.6. The average Bonchev–Trinajstić information content (AvgIpc) is 2.92. The Labute approximate surface area is 216 Å². The molecule has 2 aliphatic rings. The van der Waals surface area contributed by atoms with Crippen LogP contribution in [0, 0.1) is 11.3 Å². The summed E-state index contributed by atoms with van der Waals surface area (Å²) in [6.07, 6.45) is -1.27. The number of hydrogen-bond donors (Lipinski definition) is 5. The molecular formula is C26H36N4O5S. The Morgan fingerprint density at radius 1 is 1.14 bits per heavy atom. The molecule has 36 heavy (non-hydrogen) atoms. The minimum Gasteiger partial charge on any atom is -0.400 e. The Hall–Kier alpha value is -2.20. The topological polar surface area (TPSA) is 130 Å². The fourth-order valence-electron chi connectivity index (χ4n) is 4.13. The van der Waals surface area contributed by atoms with E-state index in [9.17, 15) is 15.5 Å². The number of anilines is 1. The monoisotopic (exact) mass is 516 g/mol. The molecule has 2 fully saturated rings. The molecule has 0 amide bonds. The summed E-state index contributed by atoms with van der Waals surface area (Å²) in [5.74, 6) is 0. The minimum absolute atomic E-state index is 0.117. The lowest BCUT2D eigenvalue weighted by molar-refractivity contribution is -0.168. The molecule has 0 bridgehead atoms. The van der Waals surface area contributed by atoms with Gasteiger partial charge >= 0.3 is 0 Å². The van der Waals surface area contributed by atoms with Gasteiger partial charge < -0.3 is 30.1 Å². The van der Waals surface area contributed by atoms with Gasteiger partial charge in [0.25, 0.3) is 0 Å². The van der Waals surface area contributed by atoms with Crippen molar-refractivity contribution in [2.45, 2.75) is 31.8 Å². The smallest absolute Gasteiger partial charge is 0.171 e. The number of fused-ring (bicyclic) bond motifs is 1. The predicted molar refractivity (Wildman–Crippen MR) is 143 cm³/mol. The van der Waals surface area contributed by atoms with Crippen LogP contribution in [0.3, 0.4) is 0 Å². The van der Waals surface area contributed by atoms with Crippen molar-refractivity contribution < 1.29 is 24.8 Å². The van der Waals surface area contributed by atoms with Gasteiger partial charge in [-0.3, -0.25) is 9.62 Å². The number of ether oxygens (including phenoxy) is 2. The van der Waals surface area contributed by atoms with Gasteiger partial charge in [0.05, 0.1) is 32.0 Å². The van der Waals surface area contributed by atoms with Crippen molar-refractivity contribution >= 4 is 34.0 Å². The molecule has 196 valence electrons. The summed E-state index contributed by atoms with van der Waals surface area (Å²) in [5, 5.41) is 42.2. The van der Waals surface area contributed by atoms with Gasteiger partial charge in [-0.2, -0.15) is 5.26 Å². The van der Waals surface area contributed by atoms with E-state index in [0.717, 1.165) is 86.0 Å². The molecule has 2 aromatic rings. The number of nitrogens with zero attached hydrogens (tertiary/aromatic N) is 2. The molecule has 0 radical (unpaired) electrons. The lowest BCUT2D eigenvalue weighted by Gasteiger charge is -2.31. The fourth-order valence-corrected chi connectivity index (χ4v) is 4.93. The lowest BCUT2D eigenvalue weighted by atomic mass is 10.0. The van der Waals surface area contributed by atoms with Gasteiger partial charge in [0, 0.05) is 39.0 Å². The highest BCUT2D eigenvalue weighted by Gasteiger charge is 2.29. The van der Waals surface area contributed by atoms with Crippen LogP contribution in [0.5, 0.6) is 0 Å². The number of morpholine rings is 1. The fraction of sp³-hybridized carbons (Fsp3) is 0.500. The average molecular weight is 517 g/mol. The molecule has 0 aromatic heterocycles. The summed E-state index contributed by atoms with van der Waals surface area (Å²) in [6, 6.07) is 14.3. The quantitative estimate of drug-likeness (QED) is 0.263. The third-order valence-electron chi connectivity index (χ3n) is 6.22. The van der Waals surface area contributed by atoms with E-state index >= 15 is 0 Å². The Morgan fingerprint density at radius 2 is 1.86 bits per heavy atom. The summed E-state index contributed by atoms with van der Waals surface area (Å²) in [6.45, 7) is 7.53. The van der Waals surface area contributed by atoms with Crippen molar-refractivity contribution in [3.8, 4) is 6.07 Å². The number of benzene rings is 2. The first-order valence-electron chi connectivity index (χ1n) is 12.1. The van der Waals surface area contributed by atoms with Gasteiger partial charge in [0.1, 0.15) is 11.0 Å². The van der Waals surface area contributed by atoms with Crippen LogP contribution in [-0.2, 0) is 9.47 Å². The van der Waals surface area contributed by atoms with Crippen molar-refractivity contribution in [1.82, 2.24) is 9.62 Å². The van der Waals surface area contributed by atoms with E-state index < -0.39 is 18.4 Å².